The molecule has 0 amide bonds. The van der Waals surface area contributed by atoms with E-state index >= 15 is 0 Å². The molecule has 2 atom stereocenters. The van der Waals surface area contributed by atoms with E-state index in [1.165, 1.54) is 0 Å². The van der Waals surface area contributed by atoms with E-state index in [0.29, 0.717) is 11.0 Å². The maximum absolute atomic E-state index is 11.4. The Morgan fingerprint density at radius 3 is 2.37 bits per heavy atom. The first-order chi connectivity index (χ1) is 8.56. The summed E-state index contributed by atoms with van der Waals surface area (Å²) in [6.45, 7) is 0.626. The number of likely N-dealkylation sites (N-methyl/N-ethyl adjacent to an activating group) is 1. The molecule has 0 heterocycles. The van der Waals surface area contributed by atoms with Gasteiger partial charge in [-0.2, -0.15) is 0 Å². The van der Waals surface area contributed by atoms with Crippen molar-refractivity contribution in [1.29, 1.82) is 0 Å². The minimum absolute atomic E-state index is 0.0123. The van der Waals surface area contributed by atoms with E-state index < -0.39 is 33.1 Å². The number of nitrogens with zero attached hydrogens (tertiary/aromatic N) is 1. The van der Waals surface area contributed by atoms with Crippen molar-refractivity contribution in [2.75, 3.05) is 47.5 Å². The first-order valence-corrected chi connectivity index (χ1v) is 7.20. The Kier molecular flexibility index (Phi) is 7.73. The van der Waals surface area contributed by atoms with Gasteiger partial charge in [0.15, 0.2) is 0 Å². The van der Waals surface area contributed by atoms with Crippen LogP contribution >= 0.6 is 7.82 Å². The fourth-order valence-corrected chi connectivity index (χ4v) is 1.73. The van der Waals surface area contributed by atoms with Gasteiger partial charge in [-0.3, -0.25) is 9.36 Å². The molecular weight excluding hydrogens is 277 g/mol. The Labute approximate surface area is 113 Å². The third-order valence-corrected chi connectivity index (χ3v) is 2.93. The first-order valence-electron chi connectivity index (χ1n) is 5.74. The van der Waals surface area contributed by atoms with Crippen LogP contribution in [0.1, 0.15) is 6.92 Å². The van der Waals surface area contributed by atoms with E-state index in [2.05, 4.69) is 13.8 Å². The molecule has 8 nitrogen and oxygen atoms in total. The topological polar surface area (TPSA) is 105 Å². The highest BCUT2D eigenvalue weighted by Gasteiger charge is 2.17. The molecule has 0 spiro atoms. The highest BCUT2D eigenvalue weighted by Crippen LogP contribution is 2.38. The Bertz CT molecular complexity index is 328. The molecular formula is C10H22NO7P. The van der Waals surface area contributed by atoms with E-state index in [1.807, 2.05) is 21.1 Å². The van der Waals surface area contributed by atoms with Crippen LogP contribution in [-0.2, 0) is 23.1 Å². The Morgan fingerprint density at radius 1 is 1.37 bits per heavy atom. The molecule has 114 valence electrons. The molecule has 0 radical (unpaired) electrons. The Hall–Kier alpha value is -0.500. The molecule has 19 heavy (non-hydrogen) atoms. The molecule has 0 fully saturated rings. The molecule has 0 rings (SSSR count). The van der Waals surface area contributed by atoms with Crippen molar-refractivity contribution >= 4 is 13.8 Å². The van der Waals surface area contributed by atoms with Gasteiger partial charge in [-0.15, -0.1) is 0 Å². The number of phosphoric ester groups is 1. The molecule has 1 unspecified atom stereocenters. The minimum Gasteiger partial charge on any atom is -0.756 e. The van der Waals surface area contributed by atoms with Crippen LogP contribution in [0, 0.1) is 0 Å². The van der Waals surface area contributed by atoms with Crippen molar-refractivity contribution in [1.82, 2.24) is 0 Å². The Balaban J connectivity index is 4.07. The lowest BCUT2D eigenvalue weighted by atomic mass is 10.4. The van der Waals surface area contributed by atoms with E-state index in [9.17, 15) is 14.3 Å². The van der Waals surface area contributed by atoms with Gasteiger partial charge in [-0.1, -0.05) is 0 Å². The number of ether oxygens (including phenoxy) is 1. The molecule has 0 aliphatic heterocycles. The average Bonchev–Trinajstić information content (AvgIpc) is 2.21. The number of rotatable bonds is 9. The SMILES string of the molecule is CC(=O)O[C@@H](CO)COP(=O)([O-])OCC[N+](C)(C)C. The van der Waals surface area contributed by atoms with E-state index in [0.717, 1.165) is 6.92 Å². The number of carbonyl (C=O) groups is 1. The van der Waals surface area contributed by atoms with Crippen LogP contribution < -0.4 is 4.89 Å². The zero-order valence-corrected chi connectivity index (χ0v) is 12.6. The molecule has 0 aliphatic rings. The monoisotopic (exact) mass is 299 g/mol. The lowest BCUT2D eigenvalue weighted by molar-refractivity contribution is -0.870. The summed E-state index contributed by atoms with van der Waals surface area (Å²) in [6, 6.07) is 0. The van der Waals surface area contributed by atoms with E-state index in [-0.39, 0.29) is 6.61 Å². The quantitative estimate of drug-likeness (QED) is 0.335. The number of aliphatic hydroxyl groups excluding tert-OH is 1. The molecule has 0 aliphatic carbocycles. The number of hydrogen-bond acceptors (Lipinski definition) is 7. The van der Waals surface area contributed by atoms with Crippen molar-refractivity contribution in [3.8, 4) is 0 Å². The number of carbonyl (C=O) groups excluding carboxylic acids is 1. The molecule has 0 saturated heterocycles. The summed E-state index contributed by atoms with van der Waals surface area (Å²) in [4.78, 5) is 22.0. The number of hydrogen-bond donors (Lipinski definition) is 1. The van der Waals surface area contributed by atoms with Gasteiger partial charge in [-0.05, 0) is 0 Å². The van der Waals surface area contributed by atoms with E-state index in [1.54, 1.807) is 0 Å². The van der Waals surface area contributed by atoms with Gasteiger partial charge in [0.25, 0.3) is 7.82 Å². The molecule has 0 bridgehead atoms. The van der Waals surface area contributed by atoms with Crippen LogP contribution in [0.2, 0.25) is 0 Å². The number of quaternary nitrogens is 1. The maximum atomic E-state index is 11.4. The van der Waals surface area contributed by atoms with Crippen molar-refractivity contribution in [3.63, 3.8) is 0 Å². The highest BCUT2D eigenvalue weighted by molar-refractivity contribution is 7.45. The predicted molar refractivity (Wildman–Crippen MR) is 65.0 cm³/mol. The smallest absolute Gasteiger partial charge is 0.303 e. The summed E-state index contributed by atoms with van der Waals surface area (Å²) in [5.74, 6) is -0.630. The second kappa shape index (κ2) is 7.94. The molecule has 0 aromatic heterocycles. The molecule has 0 aromatic carbocycles. The van der Waals surface area contributed by atoms with Gasteiger partial charge in [0.2, 0.25) is 0 Å². The second-order valence-electron chi connectivity index (χ2n) is 5.00. The maximum Gasteiger partial charge on any atom is 0.303 e. The van der Waals surface area contributed by atoms with Crippen LogP contribution in [0.25, 0.3) is 0 Å². The second-order valence-corrected chi connectivity index (χ2v) is 6.41. The van der Waals surface area contributed by atoms with Crippen molar-refractivity contribution < 1.29 is 37.6 Å². The molecule has 0 saturated carbocycles. The summed E-state index contributed by atoms with van der Waals surface area (Å²) < 4.78 is 25.7. The van der Waals surface area contributed by atoms with Crippen molar-refractivity contribution in [3.05, 3.63) is 0 Å². The normalized spacial score (nSPS) is 16.7. The summed E-state index contributed by atoms with van der Waals surface area (Å²) in [7, 11) is 1.22. The van der Waals surface area contributed by atoms with Crippen molar-refractivity contribution in [2.45, 2.75) is 13.0 Å². The largest absolute Gasteiger partial charge is 0.756 e. The van der Waals surface area contributed by atoms with Gasteiger partial charge >= 0.3 is 5.97 Å². The van der Waals surface area contributed by atoms with Crippen LogP contribution in [0.4, 0.5) is 0 Å². The lowest BCUT2D eigenvalue weighted by Crippen LogP contribution is -2.37. The van der Waals surface area contributed by atoms with Gasteiger partial charge in [0.1, 0.15) is 19.3 Å². The number of phosphoric acid groups is 1. The van der Waals surface area contributed by atoms with Crippen LogP contribution in [-0.4, -0.2) is 69.2 Å². The zero-order chi connectivity index (χ0) is 15.1. The van der Waals surface area contributed by atoms with Gasteiger partial charge in [0, 0.05) is 6.92 Å². The molecule has 0 aromatic rings. The fourth-order valence-electron chi connectivity index (χ4n) is 0.997. The van der Waals surface area contributed by atoms with Gasteiger partial charge in [0.05, 0.1) is 34.4 Å². The summed E-state index contributed by atoms with van der Waals surface area (Å²) >= 11 is 0. The first kappa shape index (κ1) is 18.5. The standard InChI is InChI=1S/C10H22NO7P/c1-9(13)18-10(7-12)8-17-19(14,15)16-6-5-11(2,3)4/h10,12H,5-8H2,1-4H3/t10-/m0/s1. The van der Waals surface area contributed by atoms with Gasteiger partial charge in [-0.25, -0.2) is 0 Å². The lowest BCUT2D eigenvalue weighted by Gasteiger charge is -2.28. The van der Waals surface area contributed by atoms with Crippen LogP contribution in [0.3, 0.4) is 0 Å². The van der Waals surface area contributed by atoms with Crippen LogP contribution in [0.15, 0.2) is 0 Å². The third kappa shape index (κ3) is 11.1. The average molecular weight is 299 g/mol. The van der Waals surface area contributed by atoms with E-state index in [4.69, 9.17) is 5.11 Å². The number of esters is 1. The fraction of sp³-hybridized carbons (Fsp3) is 0.900. The minimum atomic E-state index is -4.45. The molecule has 1 N–H and O–H groups in total. The zero-order valence-electron chi connectivity index (χ0n) is 11.7. The molecule has 9 heteroatoms. The third-order valence-electron chi connectivity index (χ3n) is 1.97. The van der Waals surface area contributed by atoms with Crippen LogP contribution in [0.5, 0.6) is 0 Å². The summed E-state index contributed by atoms with van der Waals surface area (Å²) in [5.41, 5.74) is 0. The summed E-state index contributed by atoms with van der Waals surface area (Å²) in [6.07, 6.45) is -1.03. The van der Waals surface area contributed by atoms with Gasteiger partial charge < -0.3 is 28.3 Å². The number of aliphatic hydroxyl groups is 1. The predicted octanol–water partition coefficient (Wildman–Crippen LogP) is -0.882. The van der Waals surface area contributed by atoms with Crippen molar-refractivity contribution in [2.24, 2.45) is 0 Å². The summed E-state index contributed by atoms with van der Waals surface area (Å²) in [5, 5.41) is 8.86. The Morgan fingerprint density at radius 2 is 1.95 bits per heavy atom. The highest BCUT2D eigenvalue weighted by atomic mass is 31.2.